The molecule has 0 saturated heterocycles. The summed E-state index contributed by atoms with van der Waals surface area (Å²) in [5, 5.41) is 6.13. The average molecular weight is 272 g/mol. The van der Waals surface area contributed by atoms with E-state index in [0.29, 0.717) is 5.88 Å². The summed E-state index contributed by atoms with van der Waals surface area (Å²) in [5.41, 5.74) is 0.963. The molecule has 1 aromatic carbocycles. The third-order valence-electron chi connectivity index (χ3n) is 2.77. The highest BCUT2D eigenvalue weighted by atomic mass is 32.2. The lowest BCUT2D eigenvalue weighted by Gasteiger charge is -2.02. The van der Waals surface area contributed by atoms with Crippen molar-refractivity contribution < 1.29 is 4.74 Å². The summed E-state index contributed by atoms with van der Waals surface area (Å²) in [5.74, 6) is 1.33. The molecule has 19 heavy (non-hydrogen) atoms. The van der Waals surface area contributed by atoms with Crippen molar-refractivity contribution in [2.24, 2.45) is 0 Å². The van der Waals surface area contributed by atoms with Crippen molar-refractivity contribution in [1.82, 2.24) is 19.7 Å². The number of hydrogen-bond acceptors (Lipinski definition) is 5. The Morgan fingerprint density at radius 1 is 1.21 bits per heavy atom. The lowest BCUT2D eigenvalue weighted by Crippen LogP contribution is -2.01. The lowest BCUT2D eigenvalue weighted by atomic mass is 10.2. The van der Waals surface area contributed by atoms with Gasteiger partial charge in [0.05, 0.1) is 18.0 Å². The first-order chi connectivity index (χ1) is 9.33. The standard InChI is InChI=1S/C13H12N4OS/c1-18-12-9-5-3-4-6-10(9)17(16-12)11-7-8-14-13(15-11)19-2/h3-8H,1-2H3. The van der Waals surface area contributed by atoms with Crippen molar-refractivity contribution in [3.63, 3.8) is 0 Å². The number of hydrogen-bond donors (Lipinski definition) is 0. The van der Waals surface area contributed by atoms with E-state index >= 15 is 0 Å². The number of ether oxygens (including phenoxy) is 1. The topological polar surface area (TPSA) is 52.8 Å². The Labute approximate surface area is 114 Å². The molecule has 0 bridgehead atoms. The summed E-state index contributed by atoms with van der Waals surface area (Å²) >= 11 is 1.50. The van der Waals surface area contributed by atoms with Gasteiger partial charge in [-0.3, -0.25) is 0 Å². The van der Waals surface area contributed by atoms with Crippen LogP contribution in [-0.2, 0) is 0 Å². The number of methoxy groups -OCH3 is 1. The number of para-hydroxylation sites is 1. The molecule has 0 atom stereocenters. The number of benzene rings is 1. The molecule has 0 N–H and O–H groups in total. The van der Waals surface area contributed by atoms with Gasteiger partial charge in [0.15, 0.2) is 11.0 Å². The lowest BCUT2D eigenvalue weighted by molar-refractivity contribution is 0.398. The number of rotatable bonds is 3. The van der Waals surface area contributed by atoms with Gasteiger partial charge in [-0.2, -0.15) is 0 Å². The smallest absolute Gasteiger partial charge is 0.241 e. The van der Waals surface area contributed by atoms with E-state index in [-0.39, 0.29) is 0 Å². The van der Waals surface area contributed by atoms with Gasteiger partial charge in [0.1, 0.15) is 0 Å². The summed E-state index contributed by atoms with van der Waals surface area (Å²) in [6.07, 6.45) is 3.68. The first-order valence-corrected chi connectivity index (χ1v) is 6.95. The summed E-state index contributed by atoms with van der Waals surface area (Å²) in [6.45, 7) is 0. The molecule has 2 aromatic heterocycles. The molecule has 3 rings (SSSR count). The second kappa shape index (κ2) is 4.89. The van der Waals surface area contributed by atoms with Crippen LogP contribution in [0.15, 0.2) is 41.7 Å². The molecule has 3 aromatic rings. The average Bonchev–Trinajstić information content (AvgIpc) is 2.86. The van der Waals surface area contributed by atoms with Crippen LogP contribution in [0.3, 0.4) is 0 Å². The van der Waals surface area contributed by atoms with E-state index in [1.54, 1.807) is 18.0 Å². The summed E-state index contributed by atoms with van der Waals surface area (Å²) in [4.78, 5) is 8.63. The normalized spacial score (nSPS) is 10.8. The van der Waals surface area contributed by atoms with Gasteiger partial charge in [0, 0.05) is 12.3 Å². The third kappa shape index (κ3) is 2.04. The largest absolute Gasteiger partial charge is 0.479 e. The molecule has 2 heterocycles. The number of aromatic nitrogens is 4. The first-order valence-electron chi connectivity index (χ1n) is 5.72. The summed E-state index contributed by atoms with van der Waals surface area (Å²) < 4.78 is 7.08. The molecular formula is C13H12N4OS. The maximum Gasteiger partial charge on any atom is 0.241 e. The molecule has 0 saturated carbocycles. The van der Waals surface area contributed by atoms with E-state index in [2.05, 4.69) is 15.1 Å². The van der Waals surface area contributed by atoms with Crippen LogP contribution in [0.4, 0.5) is 0 Å². The highest BCUT2D eigenvalue weighted by Gasteiger charge is 2.12. The monoisotopic (exact) mass is 272 g/mol. The Hall–Kier alpha value is -2.08. The molecule has 0 aliphatic carbocycles. The Bertz CT molecular complexity index is 725. The van der Waals surface area contributed by atoms with Gasteiger partial charge in [-0.15, -0.1) is 5.10 Å². The second-order valence-corrected chi connectivity index (χ2v) is 4.61. The van der Waals surface area contributed by atoms with Gasteiger partial charge in [0.2, 0.25) is 5.88 Å². The fraction of sp³-hybridized carbons (Fsp3) is 0.154. The zero-order valence-electron chi connectivity index (χ0n) is 10.6. The first kappa shape index (κ1) is 12.0. The van der Waals surface area contributed by atoms with Crippen LogP contribution in [0.25, 0.3) is 16.7 Å². The number of fused-ring (bicyclic) bond motifs is 1. The molecule has 0 radical (unpaired) electrons. The van der Waals surface area contributed by atoms with E-state index in [1.165, 1.54) is 11.8 Å². The zero-order chi connectivity index (χ0) is 13.2. The Balaban J connectivity index is 2.24. The molecule has 0 fully saturated rings. The van der Waals surface area contributed by atoms with Crippen molar-refractivity contribution >= 4 is 22.7 Å². The molecule has 0 aliphatic heterocycles. The molecule has 0 amide bonds. The van der Waals surface area contributed by atoms with Gasteiger partial charge in [-0.05, 0) is 18.4 Å². The van der Waals surface area contributed by atoms with Crippen LogP contribution >= 0.6 is 11.8 Å². The fourth-order valence-electron chi connectivity index (χ4n) is 1.91. The van der Waals surface area contributed by atoms with Crippen molar-refractivity contribution in [3.8, 4) is 11.7 Å². The van der Waals surface area contributed by atoms with Crippen LogP contribution in [0.2, 0.25) is 0 Å². The quantitative estimate of drug-likeness (QED) is 0.542. The highest BCUT2D eigenvalue weighted by Crippen LogP contribution is 2.26. The second-order valence-electron chi connectivity index (χ2n) is 3.84. The molecule has 0 spiro atoms. The Kier molecular flexibility index (Phi) is 3.08. The van der Waals surface area contributed by atoms with Crippen LogP contribution in [0.1, 0.15) is 0 Å². The van der Waals surface area contributed by atoms with Gasteiger partial charge in [0.25, 0.3) is 0 Å². The van der Waals surface area contributed by atoms with Gasteiger partial charge in [-0.1, -0.05) is 23.9 Å². The van der Waals surface area contributed by atoms with Crippen molar-refractivity contribution in [3.05, 3.63) is 36.5 Å². The van der Waals surface area contributed by atoms with E-state index in [0.717, 1.165) is 21.9 Å². The van der Waals surface area contributed by atoms with Crippen LogP contribution < -0.4 is 4.74 Å². The highest BCUT2D eigenvalue weighted by molar-refractivity contribution is 7.98. The fourth-order valence-corrected chi connectivity index (χ4v) is 2.26. The predicted molar refractivity (Wildman–Crippen MR) is 75.0 cm³/mol. The molecule has 6 heteroatoms. The maximum absolute atomic E-state index is 5.31. The van der Waals surface area contributed by atoms with Gasteiger partial charge < -0.3 is 4.74 Å². The van der Waals surface area contributed by atoms with Crippen LogP contribution in [0.5, 0.6) is 5.88 Å². The Morgan fingerprint density at radius 3 is 2.84 bits per heavy atom. The minimum atomic E-state index is 0.597. The minimum absolute atomic E-state index is 0.597. The Morgan fingerprint density at radius 2 is 2.05 bits per heavy atom. The molecular weight excluding hydrogens is 260 g/mol. The molecule has 96 valence electrons. The predicted octanol–water partition coefficient (Wildman–Crippen LogP) is 2.55. The summed E-state index contributed by atoms with van der Waals surface area (Å²) in [7, 11) is 1.62. The SMILES string of the molecule is COc1nn(-c2ccnc(SC)n2)c2ccccc12. The maximum atomic E-state index is 5.31. The van der Waals surface area contributed by atoms with Crippen LogP contribution in [0, 0.1) is 0 Å². The third-order valence-corrected chi connectivity index (χ3v) is 3.33. The van der Waals surface area contributed by atoms with Crippen molar-refractivity contribution in [1.29, 1.82) is 0 Å². The number of thioether (sulfide) groups is 1. The summed E-state index contributed by atoms with van der Waals surface area (Å²) in [6, 6.07) is 9.74. The van der Waals surface area contributed by atoms with Crippen molar-refractivity contribution in [2.45, 2.75) is 5.16 Å². The van der Waals surface area contributed by atoms with E-state index < -0.39 is 0 Å². The van der Waals surface area contributed by atoms with Crippen molar-refractivity contribution in [2.75, 3.05) is 13.4 Å². The van der Waals surface area contributed by atoms with Crippen LogP contribution in [-0.4, -0.2) is 33.1 Å². The van der Waals surface area contributed by atoms with E-state index in [9.17, 15) is 0 Å². The van der Waals surface area contributed by atoms with E-state index in [4.69, 9.17) is 4.74 Å². The molecule has 0 aliphatic rings. The minimum Gasteiger partial charge on any atom is -0.479 e. The van der Waals surface area contributed by atoms with Gasteiger partial charge in [-0.25, -0.2) is 14.6 Å². The molecule has 5 nitrogen and oxygen atoms in total. The zero-order valence-corrected chi connectivity index (χ0v) is 11.4. The molecule has 0 unspecified atom stereocenters. The van der Waals surface area contributed by atoms with E-state index in [1.807, 2.05) is 36.6 Å². The number of nitrogens with zero attached hydrogens (tertiary/aromatic N) is 4. The van der Waals surface area contributed by atoms with Gasteiger partial charge >= 0.3 is 0 Å².